The van der Waals surface area contributed by atoms with Crippen LogP contribution < -0.4 is 0 Å². The van der Waals surface area contributed by atoms with E-state index in [1.54, 1.807) is 0 Å². The monoisotopic (exact) mass is 334 g/mol. The molecule has 0 saturated carbocycles. The molecule has 0 aromatic rings. The molecule has 0 heterocycles. The van der Waals surface area contributed by atoms with Crippen LogP contribution >= 0.6 is 31.0 Å². The van der Waals surface area contributed by atoms with E-state index in [0.717, 1.165) is 19.3 Å². The maximum Gasteiger partial charge on any atom is 0.474 e. The highest BCUT2D eigenvalue weighted by molar-refractivity contribution is 7.48. The van der Waals surface area contributed by atoms with Crippen LogP contribution in [0.4, 0.5) is 0 Å². The summed E-state index contributed by atoms with van der Waals surface area (Å²) in [5, 5.41) is 0. The molecule has 7 heteroatoms. The predicted octanol–water partition coefficient (Wildman–Crippen LogP) is 4.84. The molecule has 0 spiro atoms. The van der Waals surface area contributed by atoms with Gasteiger partial charge in [0.15, 0.2) is 0 Å². The first-order valence-electron chi connectivity index (χ1n) is 6.69. The minimum Gasteiger partial charge on any atom is -0.287 e. The van der Waals surface area contributed by atoms with Crippen LogP contribution in [0.1, 0.15) is 39.5 Å². The van der Waals surface area contributed by atoms with Crippen molar-refractivity contribution in [2.45, 2.75) is 39.5 Å². The Morgan fingerprint density at radius 3 is 1.89 bits per heavy atom. The van der Waals surface area contributed by atoms with Gasteiger partial charge in [-0.15, -0.1) is 23.2 Å². The summed E-state index contributed by atoms with van der Waals surface area (Å²) in [5.74, 6) is 1.20. The second kappa shape index (κ2) is 12.4. The topological polar surface area (TPSA) is 44.8 Å². The van der Waals surface area contributed by atoms with Gasteiger partial charge in [0.1, 0.15) is 0 Å². The summed E-state index contributed by atoms with van der Waals surface area (Å²) in [6.07, 6.45) is 4.23. The molecule has 0 radical (unpaired) electrons. The molecule has 0 N–H and O–H groups in total. The molecule has 0 fully saturated rings. The first-order valence-corrected chi connectivity index (χ1v) is 9.22. The Balaban J connectivity index is 3.82. The first kappa shape index (κ1) is 19.7. The fourth-order valence-electron chi connectivity index (χ4n) is 1.41. The largest absolute Gasteiger partial charge is 0.474 e. The highest BCUT2D eigenvalue weighted by Crippen LogP contribution is 2.49. The van der Waals surface area contributed by atoms with Gasteiger partial charge < -0.3 is 0 Å². The van der Waals surface area contributed by atoms with Gasteiger partial charge >= 0.3 is 7.82 Å². The van der Waals surface area contributed by atoms with Gasteiger partial charge in [0.05, 0.1) is 19.8 Å². The lowest BCUT2D eigenvalue weighted by Gasteiger charge is -2.17. The molecule has 0 aliphatic rings. The molecule has 0 aromatic carbocycles. The van der Waals surface area contributed by atoms with Crippen molar-refractivity contribution < 1.29 is 18.1 Å². The van der Waals surface area contributed by atoms with Crippen molar-refractivity contribution in [3.8, 4) is 0 Å². The van der Waals surface area contributed by atoms with Gasteiger partial charge in [0.25, 0.3) is 0 Å². The van der Waals surface area contributed by atoms with Crippen LogP contribution in [0.2, 0.25) is 0 Å². The van der Waals surface area contributed by atoms with Crippen LogP contribution in [0.15, 0.2) is 0 Å². The number of phosphoric ester groups is 1. The van der Waals surface area contributed by atoms with Gasteiger partial charge in [0, 0.05) is 11.8 Å². The van der Waals surface area contributed by atoms with E-state index in [0.29, 0.717) is 12.5 Å². The molecule has 19 heavy (non-hydrogen) atoms. The second-order valence-electron chi connectivity index (χ2n) is 4.57. The minimum absolute atomic E-state index is 0.133. The fourth-order valence-corrected chi connectivity index (χ4v) is 2.99. The van der Waals surface area contributed by atoms with Crippen LogP contribution in [0.25, 0.3) is 0 Å². The van der Waals surface area contributed by atoms with Crippen LogP contribution in [0.3, 0.4) is 0 Å². The number of hydrogen-bond acceptors (Lipinski definition) is 4. The van der Waals surface area contributed by atoms with Gasteiger partial charge in [-0.2, -0.15) is 0 Å². The number of halogens is 2. The molecule has 0 bridgehead atoms. The van der Waals surface area contributed by atoms with Crippen LogP contribution in [0.5, 0.6) is 0 Å². The second-order valence-corrected chi connectivity index (χ2v) is 6.99. The van der Waals surface area contributed by atoms with Gasteiger partial charge in [0.2, 0.25) is 0 Å². The maximum absolute atomic E-state index is 12.1. The zero-order chi connectivity index (χ0) is 14.6. The zero-order valence-electron chi connectivity index (χ0n) is 11.8. The van der Waals surface area contributed by atoms with E-state index in [9.17, 15) is 4.57 Å². The average Bonchev–Trinajstić information content (AvgIpc) is 2.38. The molecule has 116 valence electrons. The Bertz CT molecular complexity index is 240. The van der Waals surface area contributed by atoms with E-state index < -0.39 is 7.82 Å². The summed E-state index contributed by atoms with van der Waals surface area (Å²) in [5.41, 5.74) is 0. The van der Waals surface area contributed by atoms with Crippen LogP contribution in [-0.2, 0) is 18.1 Å². The van der Waals surface area contributed by atoms with Crippen molar-refractivity contribution >= 4 is 31.0 Å². The number of phosphoric acid groups is 1. The lowest BCUT2D eigenvalue weighted by Crippen LogP contribution is -2.05. The SMILES string of the molecule is CC(C)CCCCCOP(=O)(OCCCl)OCCCl. The number of rotatable bonds is 13. The first-order chi connectivity index (χ1) is 9.04. The number of hydrogen-bond donors (Lipinski definition) is 0. The minimum atomic E-state index is -3.49. The van der Waals surface area contributed by atoms with Crippen LogP contribution in [-0.4, -0.2) is 31.6 Å². The summed E-state index contributed by atoms with van der Waals surface area (Å²) >= 11 is 11.0. The molecular formula is C12H25Cl2O4P. The van der Waals surface area contributed by atoms with Gasteiger partial charge in [-0.25, -0.2) is 4.57 Å². The maximum atomic E-state index is 12.1. The lowest BCUT2D eigenvalue weighted by molar-refractivity contribution is 0.121. The molecule has 4 nitrogen and oxygen atoms in total. The summed E-state index contributed by atoms with van der Waals surface area (Å²) in [4.78, 5) is 0. The summed E-state index contributed by atoms with van der Waals surface area (Å²) in [7, 11) is -3.49. The Morgan fingerprint density at radius 2 is 1.42 bits per heavy atom. The molecule has 0 atom stereocenters. The Morgan fingerprint density at radius 1 is 0.895 bits per heavy atom. The Kier molecular flexibility index (Phi) is 12.9. The zero-order valence-corrected chi connectivity index (χ0v) is 14.2. The van der Waals surface area contributed by atoms with E-state index in [-0.39, 0.29) is 25.0 Å². The standard InChI is InChI=1S/C12H25Cl2O4P/c1-12(2)6-4-3-5-9-16-19(15,17-10-7-13)18-11-8-14/h12H,3-11H2,1-2H3. The summed E-state index contributed by atoms with van der Waals surface area (Å²) < 4.78 is 27.4. The van der Waals surface area contributed by atoms with Gasteiger partial charge in [-0.3, -0.25) is 13.6 Å². The Hall–Kier alpha value is 0.690. The molecule has 0 aromatic heterocycles. The van der Waals surface area contributed by atoms with E-state index >= 15 is 0 Å². The van der Waals surface area contributed by atoms with Crippen molar-refractivity contribution in [1.29, 1.82) is 0 Å². The molecular weight excluding hydrogens is 310 g/mol. The number of unbranched alkanes of at least 4 members (excludes halogenated alkanes) is 2. The summed E-state index contributed by atoms with van der Waals surface area (Å²) in [6.45, 7) is 5.03. The smallest absolute Gasteiger partial charge is 0.287 e. The van der Waals surface area contributed by atoms with Gasteiger partial charge in [-0.05, 0) is 12.3 Å². The van der Waals surface area contributed by atoms with Crippen LogP contribution in [0, 0.1) is 5.92 Å². The third-order valence-electron chi connectivity index (χ3n) is 2.33. The van der Waals surface area contributed by atoms with Crippen molar-refractivity contribution in [2.24, 2.45) is 5.92 Å². The van der Waals surface area contributed by atoms with Crippen molar-refractivity contribution in [2.75, 3.05) is 31.6 Å². The molecule has 0 saturated heterocycles. The number of alkyl halides is 2. The molecule has 0 rings (SSSR count). The molecule has 0 aliphatic carbocycles. The van der Waals surface area contributed by atoms with E-state index in [1.165, 1.54) is 6.42 Å². The van der Waals surface area contributed by atoms with Crippen molar-refractivity contribution in [1.82, 2.24) is 0 Å². The van der Waals surface area contributed by atoms with Crippen molar-refractivity contribution in [3.05, 3.63) is 0 Å². The predicted molar refractivity (Wildman–Crippen MR) is 80.2 cm³/mol. The highest BCUT2D eigenvalue weighted by Gasteiger charge is 2.25. The fraction of sp³-hybridized carbons (Fsp3) is 1.00. The van der Waals surface area contributed by atoms with Gasteiger partial charge in [-0.1, -0.05) is 33.1 Å². The normalized spacial score (nSPS) is 12.3. The quantitative estimate of drug-likeness (QED) is 0.274. The molecule has 0 unspecified atom stereocenters. The third kappa shape index (κ3) is 12.2. The highest BCUT2D eigenvalue weighted by atomic mass is 35.5. The summed E-state index contributed by atoms with van der Waals surface area (Å²) in [6, 6.07) is 0. The molecule has 0 amide bonds. The lowest BCUT2D eigenvalue weighted by atomic mass is 10.1. The van der Waals surface area contributed by atoms with E-state index in [4.69, 9.17) is 36.8 Å². The third-order valence-corrected chi connectivity index (χ3v) is 4.13. The molecule has 0 aliphatic heterocycles. The Labute approximate surface area is 126 Å². The average molecular weight is 335 g/mol. The van der Waals surface area contributed by atoms with E-state index in [1.807, 2.05) is 0 Å². The van der Waals surface area contributed by atoms with E-state index in [2.05, 4.69) is 13.8 Å². The van der Waals surface area contributed by atoms with Crippen molar-refractivity contribution in [3.63, 3.8) is 0 Å².